The molecule has 0 spiro atoms. The van der Waals surface area contributed by atoms with Crippen LogP contribution in [0.15, 0.2) is 52.1 Å². The minimum Gasteiger partial charge on any atom is -0.508 e. The van der Waals surface area contributed by atoms with E-state index in [4.69, 9.17) is 5.73 Å². The number of rotatable bonds is 7. The number of amides is 2. The number of primary amides is 1. The van der Waals surface area contributed by atoms with Gasteiger partial charge in [-0.05, 0) is 80.9 Å². The summed E-state index contributed by atoms with van der Waals surface area (Å²) in [4.78, 5) is 61.5. The minimum atomic E-state index is -2.63. The molecule has 16 heteroatoms. The molecule has 0 radical (unpaired) electrons. The number of H-pyrrole nitrogens is 1. The van der Waals surface area contributed by atoms with Gasteiger partial charge in [0.1, 0.15) is 22.8 Å². The van der Waals surface area contributed by atoms with Crippen molar-refractivity contribution >= 4 is 63.8 Å². The fourth-order valence-corrected chi connectivity index (χ4v) is 7.96. The van der Waals surface area contributed by atoms with E-state index in [1.807, 2.05) is 37.2 Å². The van der Waals surface area contributed by atoms with Crippen LogP contribution in [0.25, 0.3) is 16.8 Å². The summed E-state index contributed by atoms with van der Waals surface area (Å²) >= 11 is 1.80. The molecule has 1 heterocycles. The zero-order valence-electron chi connectivity index (χ0n) is 29.1. The van der Waals surface area contributed by atoms with Crippen molar-refractivity contribution in [3.63, 3.8) is 0 Å². The van der Waals surface area contributed by atoms with E-state index in [0.29, 0.717) is 11.5 Å². The van der Waals surface area contributed by atoms with E-state index in [9.17, 15) is 39.6 Å². The van der Waals surface area contributed by atoms with Crippen molar-refractivity contribution in [2.24, 2.45) is 17.6 Å². The average Bonchev–Trinajstić information content (AvgIpc) is 3.46. The number of aliphatic hydroxyl groups excluding tert-OH is 2. The number of carbonyl (C=O) groups excluding carboxylic acids is 4. The molecule has 3 aliphatic rings. The molecule has 0 unspecified atom stereocenters. The third-order valence-electron chi connectivity index (χ3n) is 9.39. The average molecular weight is 723 g/mol. The number of imidazole rings is 1. The molecule has 8 N–H and O–H groups in total. The molecular formula is C35H42N6O9S. The van der Waals surface area contributed by atoms with Crippen LogP contribution in [0.4, 0.5) is 16.4 Å². The zero-order valence-corrected chi connectivity index (χ0v) is 29.9. The number of nitrogens with zero attached hydrogens (tertiary/aromatic N) is 3. The normalized spacial score (nSPS) is 22.5. The molecule has 1 fully saturated rings. The molecule has 1 aromatic heterocycles. The molecule has 1 saturated carbocycles. The molecule has 0 aliphatic heterocycles. The number of aliphatic hydroxyl groups is 3. The molecule has 15 nitrogen and oxygen atoms in total. The topological polar surface area (TPSA) is 232 Å². The van der Waals surface area contributed by atoms with E-state index < -0.39 is 64.1 Å². The van der Waals surface area contributed by atoms with Crippen LogP contribution in [-0.4, -0.2) is 112 Å². The summed E-state index contributed by atoms with van der Waals surface area (Å²) in [6.07, 6.45) is 0.931. The highest BCUT2D eigenvalue weighted by molar-refractivity contribution is 7.99. The number of carbonyl (C=O) groups is 4. The number of nitrogens with two attached hydrogens (primary N) is 1. The number of ketones is 2. The number of hydrogen-bond donors (Lipinski definition) is 7. The number of benzene rings is 2. The number of fused-ring (bicyclic) bond motifs is 4. The molecule has 2 amide bonds. The number of anilines is 2. The lowest BCUT2D eigenvalue weighted by Crippen LogP contribution is -2.65. The summed E-state index contributed by atoms with van der Waals surface area (Å²) in [6, 6.07) is 8.01. The molecule has 272 valence electrons. The van der Waals surface area contributed by atoms with E-state index in [-0.39, 0.29) is 29.7 Å². The molecule has 51 heavy (non-hydrogen) atoms. The van der Waals surface area contributed by atoms with E-state index in [2.05, 4.69) is 26.9 Å². The smallest absolute Gasteiger partial charge is 0.413 e. The Kier molecular flexibility index (Phi) is 10.4. The van der Waals surface area contributed by atoms with Crippen LogP contribution in [0, 0.1) is 11.8 Å². The molecule has 2 aromatic carbocycles. The van der Waals surface area contributed by atoms with Crippen molar-refractivity contribution in [3.05, 3.63) is 58.4 Å². The fraction of sp³-hybridized carbons (Fsp3) is 0.400. The van der Waals surface area contributed by atoms with Crippen LogP contribution in [0.2, 0.25) is 0 Å². The Morgan fingerprint density at radius 3 is 2.45 bits per heavy atom. The highest BCUT2D eigenvalue weighted by Gasteiger charge is 2.64. The Bertz CT molecular complexity index is 1990. The second-order valence-corrected chi connectivity index (χ2v) is 14.2. The van der Waals surface area contributed by atoms with Crippen molar-refractivity contribution in [2.45, 2.75) is 42.7 Å². The molecule has 3 aromatic rings. The van der Waals surface area contributed by atoms with Crippen LogP contribution in [0.5, 0.6) is 5.75 Å². The summed E-state index contributed by atoms with van der Waals surface area (Å²) in [5.41, 5.74) is 4.87. The molecule has 0 bridgehead atoms. The SMILES string of the molecule is CCCSc1ccc2nc(NC(=O)OC)[nH]c2c1.CN(C)c1ccc(O)c2c1C[C@H]1C[C@H]3[C@H](N(C)C)C(=O)C(C(N)=O)=C(O)[C@@]3(O)C(=O)C1=C2O. The number of methoxy groups -OCH3 is 1. The predicted molar refractivity (Wildman–Crippen MR) is 192 cm³/mol. The summed E-state index contributed by atoms with van der Waals surface area (Å²) in [7, 11) is 8.07. The Morgan fingerprint density at radius 1 is 1.14 bits per heavy atom. The fourth-order valence-electron chi connectivity index (χ4n) is 7.15. The van der Waals surface area contributed by atoms with Gasteiger partial charge in [-0.2, -0.15) is 0 Å². The van der Waals surface area contributed by atoms with Gasteiger partial charge >= 0.3 is 6.09 Å². The number of phenolic OH excluding ortho intramolecular Hbond substituents is 1. The van der Waals surface area contributed by atoms with Gasteiger partial charge in [0.2, 0.25) is 11.7 Å². The number of ether oxygens (including phenoxy) is 1. The van der Waals surface area contributed by atoms with Gasteiger partial charge in [-0.3, -0.25) is 24.6 Å². The quantitative estimate of drug-likeness (QED) is 0.137. The van der Waals surface area contributed by atoms with Gasteiger partial charge < -0.3 is 40.8 Å². The van der Waals surface area contributed by atoms with Crippen molar-refractivity contribution < 1.29 is 44.3 Å². The van der Waals surface area contributed by atoms with Crippen LogP contribution >= 0.6 is 11.8 Å². The zero-order chi connectivity index (χ0) is 37.5. The summed E-state index contributed by atoms with van der Waals surface area (Å²) < 4.78 is 4.51. The van der Waals surface area contributed by atoms with Crippen molar-refractivity contribution in [1.82, 2.24) is 14.9 Å². The molecule has 4 atom stereocenters. The Hall–Kier alpha value is -5.06. The molecule has 0 saturated heterocycles. The first-order valence-corrected chi connectivity index (χ1v) is 17.2. The van der Waals surface area contributed by atoms with E-state index in [1.165, 1.54) is 23.0 Å². The summed E-state index contributed by atoms with van der Waals surface area (Å²) in [5.74, 6) is -5.05. The molecular weight excluding hydrogens is 680 g/mol. The van der Waals surface area contributed by atoms with Crippen LogP contribution < -0.4 is 16.0 Å². The van der Waals surface area contributed by atoms with Gasteiger partial charge in [-0.25, -0.2) is 9.78 Å². The number of Topliss-reactive ketones (excluding diaryl/α,β-unsaturated/α-hetero) is 2. The lowest BCUT2D eigenvalue weighted by Gasteiger charge is -2.50. The van der Waals surface area contributed by atoms with Gasteiger partial charge in [-0.15, -0.1) is 11.8 Å². The minimum absolute atomic E-state index is 0.0638. The van der Waals surface area contributed by atoms with E-state index in [1.54, 1.807) is 31.9 Å². The third-order valence-corrected chi connectivity index (χ3v) is 10.6. The molecule has 6 rings (SSSR count). The number of phenols is 1. The number of hydrogen-bond acceptors (Lipinski definition) is 13. The first-order valence-electron chi connectivity index (χ1n) is 16.2. The lowest BCUT2D eigenvalue weighted by molar-refractivity contribution is -0.153. The third kappa shape index (κ3) is 6.50. The summed E-state index contributed by atoms with van der Waals surface area (Å²) in [6.45, 7) is 2.15. The van der Waals surface area contributed by atoms with Crippen molar-refractivity contribution in [2.75, 3.05) is 51.3 Å². The number of aromatic hydroxyl groups is 1. The van der Waals surface area contributed by atoms with Gasteiger partial charge in [-0.1, -0.05) is 6.92 Å². The highest BCUT2D eigenvalue weighted by Crippen LogP contribution is 2.53. The standard InChI is InChI=1S/C23H27N3O7.C12H15N3O2S/c1-25(2)12-5-6-13(27)15-10(12)7-9-8-11-17(26(3)4)19(29)16(22(24)32)21(31)23(11,33)20(30)14(9)18(15)28;1-3-6-18-8-4-5-9-10(7-8)14-11(13-9)15-12(16)17-2/h5-6,9,11,17,27-28,31,33H,7-8H2,1-4H3,(H2,24,32);4-5,7H,3,6H2,1-2H3,(H2,13,14,15,16)/t9-,11-,17-,23-;/m0./s1. The number of thioether (sulfide) groups is 1. The highest BCUT2D eigenvalue weighted by atomic mass is 32.2. The van der Waals surface area contributed by atoms with Crippen LogP contribution in [-0.2, 0) is 25.5 Å². The van der Waals surface area contributed by atoms with Crippen molar-refractivity contribution in [1.29, 1.82) is 0 Å². The van der Waals surface area contributed by atoms with Crippen LogP contribution in [0.1, 0.15) is 30.9 Å². The summed E-state index contributed by atoms with van der Waals surface area (Å²) in [5, 5.41) is 46.4. The lowest BCUT2D eigenvalue weighted by atomic mass is 9.57. The largest absolute Gasteiger partial charge is 0.508 e. The maximum absolute atomic E-state index is 13.7. The van der Waals surface area contributed by atoms with E-state index >= 15 is 0 Å². The monoisotopic (exact) mass is 722 g/mol. The van der Waals surface area contributed by atoms with Gasteiger partial charge in [0.15, 0.2) is 11.4 Å². The second kappa shape index (κ2) is 14.3. The van der Waals surface area contributed by atoms with Crippen molar-refractivity contribution in [3.8, 4) is 5.75 Å². The Morgan fingerprint density at radius 2 is 1.84 bits per heavy atom. The first kappa shape index (κ1) is 37.2. The van der Waals surface area contributed by atoms with Gasteiger partial charge in [0.05, 0.1) is 29.7 Å². The number of aromatic nitrogens is 2. The number of likely N-dealkylation sites (N-methyl/N-ethyl adjacent to an activating group) is 1. The molecule has 3 aliphatic carbocycles. The maximum Gasteiger partial charge on any atom is 0.413 e. The first-order chi connectivity index (χ1) is 24.1. The van der Waals surface area contributed by atoms with Gasteiger partial charge in [0.25, 0.3) is 5.91 Å². The number of aromatic amines is 1. The predicted octanol–water partition coefficient (Wildman–Crippen LogP) is 3.27. The van der Waals surface area contributed by atoms with Gasteiger partial charge in [0, 0.05) is 36.2 Å². The Balaban J connectivity index is 0.000000236. The number of nitrogens with one attached hydrogen (secondary N) is 2. The Labute approximate surface area is 298 Å². The van der Waals surface area contributed by atoms with Crippen LogP contribution in [0.3, 0.4) is 0 Å². The van der Waals surface area contributed by atoms with E-state index in [0.717, 1.165) is 28.9 Å². The maximum atomic E-state index is 13.7. The second-order valence-electron chi connectivity index (χ2n) is 13.0.